The molecule has 1 fully saturated rings. The van der Waals surface area contributed by atoms with Crippen LogP contribution in [0, 0.1) is 0 Å². The second kappa shape index (κ2) is 11.5. The minimum absolute atomic E-state index is 0.00246. The Labute approximate surface area is 218 Å². The fourth-order valence-corrected chi connectivity index (χ4v) is 5.58. The molecule has 0 aromatic heterocycles. The maximum absolute atomic E-state index is 13.3. The number of likely N-dealkylation sites (N-methyl/N-ethyl adjacent to an activating group) is 1. The first-order valence-corrected chi connectivity index (χ1v) is 13.1. The molecule has 2 aromatic rings. The Morgan fingerprint density at radius 2 is 1.84 bits per heavy atom. The molecule has 1 amide bonds. The first-order chi connectivity index (χ1) is 17.7. The van der Waals surface area contributed by atoms with Gasteiger partial charge in [-0.2, -0.15) is 0 Å². The standard InChI is InChI=1S/C30H37F2N3O2/c1-21(33-3)28(5-4-16-36)35-20-26-17-25(10-11-27(26)29(35)37)24-12-14-34(15-13-24)19-23-8-6-22(7-9-23)18-30(2,31)32/h6-11,16-17,24,28,33H,1,4-5,12-15,18-20H2,2-3H3. The van der Waals surface area contributed by atoms with Gasteiger partial charge in [0.2, 0.25) is 5.92 Å². The zero-order valence-electron chi connectivity index (χ0n) is 21.8. The summed E-state index contributed by atoms with van der Waals surface area (Å²) in [4.78, 5) is 28.3. The van der Waals surface area contributed by atoms with Crippen LogP contribution in [0.3, 0.4) is 0 Å². The molecule has 1 unspecified atom stereocenters. The zero-order valence-corrected chi connectivity index (χ0v) is 21.8. The van der Waals surface area contributed by atoms with E-state index in [9.17, 15) is 18.4 Å². The van der Waals surface area contributed by atoms with E-state index in [1.54, 1.807) is 7.05 Å². The Kier molecular flexibility index (Phi) is 8.42. The Morgan fingerprint density at radius 3 is 2.46 bits per heavy atom. The molecule has 1 saturated heterocycles. The van der Waals surface area contributed by atoms with Gasteiger partial charge in [-0.15, -0.1) is 0 Å². The lowest BCUT2D eigenvalue weighted by molar-refractivity contribution is -0.108. The lowest BCUT2D eigenvalue weighted by atomic mass is 9.87. The van der Waals surface area contributed by atoms with Gasteiger partial charge in [-0.3, -0.25) is 9.69 Å². The fraction of sp³-hybridized carbons (Fsp3) is 0.467. The highest BCUT2D eigenvalue weighted by Crippen LogP contribution is 2.34. The summed E-state index contributed by atoms with van der Waals surface area (Å²) in [5.74, 6) is -2.25. The number of amides is 1. The number of hydrogen-bond donors (Lipinski definition) is 1. The molecule has 2 aliphatic rings. The Morgan fingerprint density at radius 1 is 1.16 bits per heavy atom. The van der Waals surface area contributed by atoms with E-state index < -0.39 is 5.92 Å². The van der Waals surface area contributed by atoms with Gasteiger partial charge in [0, 0.05) is 44.2 Å². The van der Waals surface area contributed by atoms with E-state index >= 15 is 0 Å². The molecule has 1 N–H and O–H groups in total. The summed E-state index contributed by atoms with van der Waals surface area (Å²) in [5, 5.41) is 3.06. The van der Waals surface area contributed by atoms with Crippen LogP contribution >= 0.6 is 0 Å². The molecular weight excluding hydrogens is 472 g/mol. The average Bonchev–Trinajstić information content (AvgIpc) is 3.20. The number of hydrogen-bond acceptors (Lipinski definition) is 4. The topological polar surface area (TPSA) is 52.7 Å². The first-order valence-electron chi connectivity index (χ1n) is 13.1. The number of alkyl halides is 2. The summed E-state index contributed by atoms with van der Waals surface area (Å²) in [6.07, 6.45) is 3.67. The van der Waals surface area contributed by atoms with Gasteiger partial charge in [0.15, 0.2) is 0 Å². The second-order valence-corrected chi connectivity index (χ2v) is 10.5. The second-order valence-electron chi connectivity index (χ2n) is 10.5. The largest absolute Gasteiger partial charge is 0.390 e. The fourth-order valence-electron chi connectivity index (χ4n) is 5.58. The third-order valence-electron chi connectivity index (χ3n) is 7.62. The number of nitrogens with zero attached hydrogens (tertiary/aromatic N) is 2. The van der Waals surface area contributed by atoms with Crippen LogP contribution in [0.5, 0.6) is 0 Å². The highest BCUT2D eigenvalue weighted by Gasteiger charge is 2.34. The molecule has 0 spiro atoms. The van der Waals surface area contributed by atoms with Gasteiger partial charge in [0.25, 0.3) is 5.91 Å². The summed E-state index contributed by atoms with van der Waals surface area (Å²) < 4.78 is 26.5. The molecule has 5 nitrogen and oxygen atoms in total. The van der Waals surface area contributed by atoms with Gasteiger partial charge < -0.3 is 15.0 Å². The molecule has 0 radical (unpaired) electrons. The molecule has 37 heavy (non-hydrogen) atoms. The zero-order chi connectivity index (χ0) is 26.6. The summed E-state index contributed by atoms with van der Waals surface area (Å²) in [6.45, 7) is 8.30. The van der Waals surface area contributed by atoms with Crippen molar-refractivity contribution >= 4 is 12.2 Å². The predicted octanol–water partition coefficient (Wildman–Crippen LogP) is 5.30. The van der Waals surface area contributed by atoms with Gasteiger partial charge in [-0.25, -0.2) is 8.78 Å². The molecule has 4 rings (SSSR count). The van der Waals surface area contributed by atoms with Crippen molar-refractivity contribution in [3.63, 3.8) is 0 Å². The lowest BCUT2D eigenvalue weighted by Crippen LogP contribution is -2.39. The molecular formula is C30H37F2N3O2. The highest BCUT2D eigenvalue weighted by atomic mass is 19.3. The number of likely N-dealkylation sites (tertiary alicyclic amines) is 1. The van der Waals surface area contributed by atoms with Gasteiger partial charge >= 0.3 is 0 Å². The van der Waals surface area contributed by atoms with Crippen LogP contribution in [-0.2, 0) is 24.3 Å². The van der Waals surface area contributed by atoms with E-state index in [-0.39, 0.29) is 18.4 Å². The Balaban J connectivity index is 1.35. The van der Waals surface area contributed by atoms with Crippen LogP contribution in [-0.4, -0.2) is 54.1 Å². The van der Waals surface area contributed by atoms with Crippen molar-refractivity contribution in [1.82, 2.24) is 15.1 Å². The Bertz CT molecular complexity index is 1120. The number of nitrogens with one attached hydrogen (secondary N) is 1. The van der Waals surface area contributed by atoms with Crippen molar-refractivity contribution in [3.05, 3.63) is 82.6 Å². The molecule has 0 saturated carbocycles. The SMILES string of the molecule is C=C(NC)C(CCC=O)N1Cc2cc(C3CCN(Cc4ccc(CC(C)(F)F)cc4)CC3)ccc2C1=O. The number of halogens is 2. The number of piperidine rings is 1. The van der Waals surface area contributed by atoms with Crippen LogP contribution in [0.1, 0.15) is 71.1 Å². The molecule has 7 heteroatoms. The van der Waals surface area contributed by atoms with E-state index in [0.29, 0.717) is 30.9 Å². The Hall–Kier alpha value is -3.06. The minimum Gasteiger partial charge on any atom is -0.390 e. The number of fused-ring (bicyclic) bond motifs is 1. The normalized spacial score (nSPS) is 17.5. The van der Waals surface area contributed by atoms with Crippen molar-refractivity contribution in [2.45, 2.75) is 70.0 Å². The summed E-state index contributed by atoms with van der Waals surface area (Å²) in [7, 11) is 1.79. The van der Waals surface area contributed by atoms with Gasteiger partial charge in [0.1, 0.15) is 6.29 Å². The van der Waals surface area contributed by atoms with Gasteiger partial charge in [-0.1, -0.05) is 43.0 Å². The van der Waals surface area contributed by atoms with Crippen molar-refractivity contribution in [2.24, 2.45) is 0 Å². The number of benzene rings is 2. The average molecular weight is 510 g/mol. The quantitative estimate of drug-likeness (QED) is 0.418. The van der Waals surface area contributed by atoms with E-state index in [4.69, 9.17) is 0 Å². The number of carbonyl (C=O) groups is 2. The monoisotopic (exact) mass is 509 g/mol. The number of carbonyl (C=O) groups excluding carboxylic acids is 2. The third-order valence-corrected chi connectivity index (χ3v) is 7.62. The lowest BCUT2D eigenvalue weighted by Gasteiger charge is -2.32. The number of rotatable bonds is 11. The number of aldehydes is 1. The van der Waals surface area contributed by atoms with Crippen LogP contribution in [0.15, 0.2) is 54.7 Å². The van der Waals surface area contributed by atoms with Crippen LogP contribution in [0.25, 0.3) is 0 Å². The molecule has 0 aliphatic carbocycles. The van der Waals surface area contributed by atoms with Crippen LogP contribution < -0.4 is 5.32 Å². The van der Waals surface area contributed by atoms with E-state index in [2.05, 4.69) is 28.9 Å². The maximum atomic E-state index is 13.3. The smallest absolute Gasteiger partial charge is 0.255 e. The van der Waals surface area contributed by atoms with Crippen molar-refractivity contribution < 1.29 is 18.4 Å². The third kappa shape index (κ3) is 6.63. The summed E-state index contributed by atoms with van der Waals surface area (Å²) in [5.41, 5.74) is 5.61. The summed E-state index contributed by atoms with van der Waals surface area (Å²) in [6, 6.07) is 13.6. The van der Waals surface area contributed by atoms with E-state index in [1.807, 2.05) is 35.2 Å². The van der Waals surface area contributed by atoms with Crippen LogP contribution in [0.2, 0.25) is 0 Å². The summed E-state index contributed by atoms with van der Waals surface area (Å²) >= 11 is 0. The van der Waals surface area contributed by atoms with Gasteiger partial charge in [-0.05, 0) is 73.5 Å². The molecule has 0 bridgehead atoms. The van der Waals surface area contributed by atoms with Crippen molar-refractivity contribution in [2.75, 3.05) is 20.1 Å². The minimum atomic E-state index is -2.69. The molecule has 2 aliphatic heterocycles. The maximum Gasteiger partial charge on any atom is 0.255 e. The van der Waals surface area contributed by atoms with Crippen molar-refractivity contribution in [3.8, 4) is 0 Å². The van der Waals surface area contributed by atoms with Crippen LogP contribution in [0.4, 0.5) is 8.78 Å². The molecule has 2 heterocycles. The first kappa shape index (κ1) is 27.0. The molecule has 198 valence electrons. The molecule has 2 aromatic carbocycles. The predicted molar refractivity (Wildman–Crippen MR) is 142 cm³/mol. The molecule has 1 atom stereocenters. The van der Waals surface area contributed by atoms with E-state index in [1.165, 1.54) is 5.56 Å². The highest BCUT2D eigenvalue weighted by molar-refractivity contribution is 5.98. The van der Waals surface area contributed by atoms with Crippen molar-refractivity contribution in [1.29, 1.82) is 0 Å². The van der Waals surface area contributed by atoms with E-state index in [0.717, 1.165) is 68.1 Å². The van der Waals surface area contributed by atoms with Gasteiger partial charge in [0.05, 0.1) is 6.04 Å².